The molecule has 1 aromatic heterocycles. The zero-order chi connectivity index (χ0) is 18.7. The van der Waals surface area contributed by atoms with Gasteiger partial charge in [-0.1, -0.05) is 6.07 Å². The summed E-state index contributed by atoms with van der Waals surface area (Å²) < 4.78 is 38.6. The summed E-state index contributed by atoms with van der Waals surface area (Å²) in [4.78, 5) is 18.6. The molecule has 146 valence electrons. The van der Waals surface area contributed by atoms with Crippen LogP contribution in [0, 0.1) is 0 Å². The van der Waals surface area contributed by atoms with E-state index in [1.54, 1.807) is 17.0 Å². The maximum atomic E-state index is 12.9. The number of hydrogen-bond donors (Lipinski definition) is 2. The first-order chi connectivity index (χ1) is 12.3. The lowest BCUT2D eigenvalue weighted by molar-refractivity contribution is -0.137. The van der Waals surface area contributed by atoms with Crippen LogP contribution in [0.25, 0.3) is 0 Å². The number of piperidine rings is 1. The molecule has 3 N–H and O–H groups in total. The molecule has 27 heavy (non-hydrogen) atoms. The third kappa shape index (κ3) is 5.11. The molecule has 2 aromatic rings. The van der Waals surface area contributed by atoms with Crippen LogP contribution in [-0.4, -0.2) is 34.9 Å². The fourth-order valence-corrected chi connectivity index (χ4v) is 2.86. The molecular formula is C18H20ClF3N4O. The number of amides is 1. The van der Waals surface area contributed by atoms with Crippen LogP contribution in [0.1, 0.15) is 28.8 Å². The van der Waals surface area contributed by atoms with E-state index in [1.807, 2.05) is 0 Å². The highest BCUT2D eigenvalue weighted by Crippen LogP contribution is 2.31. The van der Waals surface area contributed by atoms with Crippen molar-refractivity contribution in [3.8, 4) is 0 Å². The van der Waals surface area contributed by atoms with Crippen molar-refractivity contribution in [2.24, 2.45) is 5.73 Å². The molecular weight excluding hydrogens is 381 g/mol. The van der Waals surface area contributed by atoms with Gasteiger partial charge < -0.3 is 16.0 Å². The fraction of sp³-hybridized carbons (Fsp3) is 0.333. The van der Waals surface area contributed by atoms with Crippen molar-refractivity contribution in [1.29, 1.82) is 0 Å². The van der Waals surface area contributed by atoms with Crippen molar-refractivity contribution >= 4 is 29.8 Å². The van der Waals surface area contributed by atoms with Crippen LogP contribution in [0.4, 0.5) is 24.7 Å². The van der Waals surface area contributed by atoms with Crippen molar-refractivity contribution in [3.63, 3.8) is 0 Å². The number of aromatic nitrogens is 1. The number of likely N-dealkylation sites (tertiary alicyclic amines) is 1. The van der Waals surface area contributed by atoms with Crippen molar-refractivity contribution in [2.75, 3.05) is 18.4 Å². The summed E-state index contributed by atoms with van der Waals surface area (Å²) in [5.74, 6) is 0.0196. The number of nitrogens with two attached hydrogens (primary N) is 1. The van der Waals surface area contributed by atoms with Crippen LogP contribution in [0.3, 0.4) is 0 Å². The molecule has 3 rings (SSSR count). The third-order valence-electron chi connectivity index (χ3n) is 4.32. The van der Waals surface area contributed by atoms with E-state index in [1.165, 1.54) is 18.3 Å². The largest absolute Gasteiger partial charge is 0.416 e. The lowest BCUT2D eigenvalue weighted by Gasteiger charge is -2.30. The molecule has 0 atom stereocenters. The van der Waals surface area contributed by atoms with Crippen molar-refractivity contribution < 1.29 is 18.0 Å². The predicted molar refractivity (Wildman–Crippen MR) is 99.3 cm³/mol. The Balaban J connectivity index is 0.00000261. The zero-order valence-corrected chi connectivity index (χ0v) is 15.2. The lowest BCUT2D eigenvalue weighted by atomic mass is 10.1. The number of benzene rings is 1. The topological polar surface area (TPSA) is 71.2 Å². The summed E-state index contributed by atoms with van der Waals surface area (Å²) in [6.45, 7) is 1.11. The molecule has 5 nitrogen and oxygen atoms in total. The van der Waals surface area contributed by atoms with E-state index in [4.69, 9.17) is 5.73 Å². The van der Waals surface area contributed by atoms with Gasteiger partial charge in [0.25, 0.3) is 5.91 Å². The molecule has 1 fully saturated rings. The number of carbonyl (C=O) groups excluding carboxylic acids is 1. The van der Waals surface area contributed by atoms with Gasteiger partial charge in [0.1, 0.15) is 5.82 Å². The summed E-state index contributed by atoms with van der Waals surface area (Å²) in [5.41, 5.74) is 5.63. The van der Waals surface area contributed by atoms with Gasteiger partial charge in [-0.25, -0.2) is 4.98 Å². The molecule has 0 aliphatic carbocycles. The summed E-state index contributed by atoms with van der Waals surface area (Å²) in [6.07, 6.45) is -1.50. The highest BCUT2D eigenvalue weighted by atomic mass is 35.5. The van der Waals surface area contributed by atoms with Crippen LogP contribution >= 0.6 is 12.4 Å². The van der Waals surface area contributed by atoms with E-state index in [9.17, 15) is 18.0 Å². The summed E-state index contributed by atoms with van der Waals surface area (Å²) in [7, 11) is 0. The summed E-state index contributed by atoms with van der Waals surface area (Å²) >= 11 is 0. The first kappa shape index (κ1) is 21.0. The number of carbonyl (C=O) groups is 1. The second kappa shape index (κ2) is 8.58. The van der Waals surface area contributed by atoms with Gasteiger partial charge in [0, 0.05) is 31.0 Å². The number of pyridine rings is 1. The quantitative estimate of drug-likeness (QED) is 0.821. The number of hydrogen-bond acceptors (Lipinski definition) is 4. The van der Waals surface area contributed by atoms with E-state index < -0.39 is 11.7 Å². The van der Waals surface area contributed by atoms with Gasteiger partial charge in [0.2, 0.25) is 0 Å². The molecule has 0 spiro atoms. The Morgan fingerprint density at radius 2 is 1.89 bits per heavy atom. The molecule has 0 bridgehead atoms. The molecule has 0 unspecified atom stereocenters. The number of nitrogens with zero attached hydrogens (tertiary/aromatic N) is 2. The summed E-state index contributed by atoms with van der Waals surface area (Å²) in [5, 5.41) is 2.83. The van der Waals surface area contributed by atoms with Gasteiger partial charge in [-0.15, -0.1) is 12.4 Å². The number of halogens is 4. The average Bonchev–Trinajstić information content (AvgIpc) is 2.62. The van der Waals surface area contributed by atoms with Gasteiger partial charge >= 0.3 is 6.18 Å². The fourth-order valence-electron chi connectivity index (χ4n) is 2.86. The Morgan fingerprint density at radius 3 is 2.56 bits per heavy atom. The Labute approximate surface area is 161 Å². The average molecular weight is 401 g/mol. The molecule has 0 radical (unpaired) electrons. The summed E-state index contributed by atoms with van der Waals surface area (Å²) in [6, 6.07) is 8.12. The third-order valence-corrected chi connectivity index (χ3v) is 4.32. The van der Waals surface area contributed by atoms with Crippen LogP contribution in [0.5, 0.6) is 0 Å². The maximum absolute atomic E-state index is 12.9. The smallest absolute Gasteiger partial charge is 0.340 e. The van der Waals surface area contributed by atoms with Gasteiger partial charge in [0.15, 0.2) is 0 Å². The molecule has 1 aromatic carbocycles. The normalized spacial score (nSPS) is 15.2. The molecule has 1 saturated heterocycles. The predicted octanol–water partition coefficient (Wildman–Crippen LogP) is 3.83. The number of rotatable bonds is 3. The molecule has 9 heteroatoms. The van der Waals surface area contributed by atoms with Crippen LogP contribution in [0.15, 0.2) is 42.6 Å². The van der Waals surface area contributed by atoms with Gasteiger partial charge in [-0.3, -0.25) is 4.79 Å². The number of anilines is 2. The van der Waals surface area contributed by atoms with E-state index >= 15 is 0 Å². The highest BCUT2D eigenvalue weighted by molar-refractivity contribution is 5.99. The van der Waals surface area contributed by atoms with E-state index in [0.29, 0.717) is 18.7 Å². The Morgan fingerprint density at radius 1 is 1.19 bits per heavy atom. The highest BCUT2D eigenvalue weighted by Gasteiger charge is 2.30. The van der Waals surface area contributed by atoms with Crippen molar-refractivity contribution in [1.82, 2.24) is 9.88 Å². The zero-order valence-electron chi connectivity index (χ0n) is 14.4. The van der Waals surface area contributed by atoms with Crippen LogP contribution in [0.2, 0.25) is 0 Å². The van der Waals surface area contributed by atoms with E-state index in [0.717, 1.165) is 25.0 Å². The monoisotopic (exact) mass is 400 g/mol. The Kier molecular flexibility index (Phi) is 6.67. The van der Waals surface area contributed by atoms with Gasteiger partial charge in [-0.2, -0.15) is 13.2 Å². The van der Waals surface area contributed by atoms with Gasteiger partial charge in [0.05, 0.1) is 11.1 Å². The minimum absolute atomic E-state index is 0. The standard InChI is InChI=1S/C18H19F3N4O.ClH/c19-18(20,21)12-3-1-4-14(11-12)24-16-15(5-2-8-23-16)17(26)25-9-6-13(22)7-10-25;/h1-5,8,11,13H,6-7,9-10,22H2,(H,23,24);1H. The second-order valence-electron chi connectivity index (χ2n) is 6.23. The lowest BCUT2D eigenvalue weighted by Crippen LogP contribution is -2.43. The molecule has 0 saturated carbocycles. The Hall–Kier alpha value is -2.32. The minimum atomic E-state index is -4.44. The van der Waals surface area contributed by atoms with Crippen LogP contribution in [-0.2, 0) is 6.18 Å². The van der Waals surface area contributed by atoms with Crippen molar-refractivity contribution in [2.45, 2.75) is 25.1 Å². The van der Waals surface area contributed by atoms with Gasteiger partial charge in [-0.05, 0) is 43.2 Å². The van der Waals surface area contributed by atoms with E-state index in [2.05, 4.69) is 10.3 Å². The molecule has 2 heterocycles. The minimum Gasteiger partial charge on any atom is -0.340 e. The number of nitrogens with one attached hydrogen (secondary N) is 1. The van der Waals surface area contributed by atoms with Crippen molar-refractivity contribution in [3.05, 3.63) is 53.7 Å². The molecule has 1 aliphatic heterocycles. The Bertz CT molecular complexity index is 792. The van der Waals surface area contributed by atoms with Crippen LogP contribution < -0.4 is 11.1 Å². The second-order valence-corrected chi connectivity index (χ2v) is 6.23. The molecule has 1 amide bonds. The first-order valence-electron chi connectivity index (χ1n) is 8.29. The first-order valence-corrected chi connectivity index (χ1v) is 8.29. The number of alkyl halides is 3. The molecule has 1 aliphatic rings. The maximum Gasteiger partial charge on any atom is 0.416 e. The van der Waals surface area contributed by atoms with E-state index in [-0.39, 0.29) is 35.9 Å². The SMILES string of the molecule is Cl.NC1CCN(C(=O)c2cccnc2Nc2cccc(C(F)(F)F)c2)CC1.